The van der Waals surface area contributed by atoms with Crippen molar-refractivity contribution in [1.29, 1.82) is 0 Å². The Kier molecular flexibility index (Phi) is 4.73. The fourth-order valence-electron chi connectivity index (χ4n) is 2.04. The summed E-state index contributed by atoms with van der Waals surface area (Å²) in [5, 5.41) is 5.74. The average molecular weight is 280 g/mol. The Hall–Kier alpha value is -1.89. The Bertz CT molecular complexity index is 470. The van der Waals surface area contributed by atoms with Crippen LogP contribution >= 0.6 is 0 Å². The summed E-state index contributed by atoms with van der Waals surface area (Å²) >= 11 is 0. The predicted octanol–water partition coefficient (Wildman–Crippen LogP) is -0.270. The molecule has 110 valence electrons. The molecule has 1 fully saturated rings. The van der Waals surface area contributed by atoms with E-state index in [1.165, 1.54) is 0 Å². The van der Waals surface area contributed by atoms with Crippen molar-refractivity contribution in [2.24, 2.45) is 0 Å². The molecule has 1 aromatic rings. The van der Waals surface area contributed by atoms with Gasteiger partial charge in [0.15, 0.2) is 0 Å². The van der Waals surface area contributed by atoms with Crippen LogP contribution < -0.4 is 10.6 Å². The van der Waals surface area contributed by atoms with Crippen molar-refractivity contribution >= 4 is 11.8 Å². The highest BCUT2D eigenvalue weighted by Gasteiger charge is 2.22. The molecule has 2 N–H and O–H groups in total. The Morgan fingerprint density at radius 2 is 2.15 bits per heavy atom. The number of carbonyl (C=O) groups is 2. The third-order valence-electron chi connectivity index (χ3n) is 3.29. The van der Waals surface area contributed by atoms with Crippen molar-refractivity contribution in [3.05, 3.63) is 17.3 Å². The number of aryl methyl sites for hydroxylation is 2. The van der Waals surface area contributed by atoms with Crippen molar-refractivity contribution < 1.29 is 14.0 Å². The molecular weight excluding hydrogens is 260 g/mol. The summed E-state index contributed by atoms with van der Waals surface area (Å²) in [6.07, 6.45) is 0.858. The van der Waals surface area contributed by atoms with Crippen LogP contribution in [0.5, 0.6) is 0 Å². The van der Waals surface area contributed by atoms with E-state index in [9.17, 15) is 9.59 Å². The minimum Gasteiger partial charge on any atom is -0.444 e. The highest BCUT2D eigenvalue weighted by atomic mass is 16.4. The highest BCUT2D eigenvalue weighted by molar-refractivity contribution is 6.34. The van der Waals surface area contributed by atoms with E-state index in [0.717, 1.165) is 31.0 Å². The number of rotatable bonds is 2. The molecule has 2 heterocycles. The molecule has 1 aliphatic heterocycles. The monoisotopic (exact) mass is 280 g/mol. The first kappa shape index (κ1) is 14.5. The van der Waals surface area contributed by atoms with Gasteiger partial charge < -0.3 is 20.0 Å². The maximum absolute atomic E-state index is 12.0. The summed E-state index contributed by atoms with van der Waals surface area (Å²) in [6, 6.07) is 0. The Labute approximate surface area is 117 Å². The number of amides is 2. The highest BCUT2D eigenvalue weighted by Crippen LogP contribution is 2.07. The van der Waals surface area contributed by atoms with Crippen LogP contribution in [-0.4, -0.2) is 47.9 Å². The van der Waals surface area contributed by atoms with Crippen LogP contribution in [0.2, 0.25) is 0 Å². The smallest absolute Gasteiger partial charge is 0.311 e. The molecule has 1 aromatic heterocycles. The fraction of sp³-hybridized carbons (Fsp3) is 0.615. The van der Waals surface area contributed by atoms with Crippen LogP contribution in [0.15, 0.2) is 4.42 Å². The summed E-state index contributed by atoms with van der Waals surface area (Å²) in [7, 11) is 0. The molecule has 0 aromatic carbocycles. The summed E-state index contributed by atoms with van der Waals surface area (Å²) in [5.74, 6) is 0.0342. The minimum atomic E-state index is -0.611. The van der Waals surface area contributed by atoms with Gasteiger partial charge in [-0.15, -0.1) is 0 Å². The molecule has 0 spiro atoms. The van der Waals surface area contributed by atoms with Crippen molar-refractivity contribution in [3.63, 3.8) is 0 Å². The van der Waals surface area contributed by atoms with E-state index in [1.807, 2.05) is 13.8 Å². The van der Waals surface area contributed by atoms with Crippen LogP contribution in [0.3, 0.4) is 0 Å². The second kappa shape index (κ2) is 6.51. The summed E-state index contributed by atoms with van der Waals surface area (Å²) < 4.78 is 5.35. The molecule has 0 atom stereocenters. The zero-order valence-electron chi connectivity index (χ0n) is 11.9. The molecule has 0 saturated carbocycles. The normalized spacial score (nSPS) is 15.8. The molecule has 0 radical (unpaired) electrons. The number of nitrogens with one attached hydrogen (secondary N) is 2. The molecular formula is C13H20N4O3. The van der Waals surface area contributed by atoms with Gasteiger partial charge in [0.05, 0.1) is 12.2 Å². The quantitative estimate of drug-likeness (QED) is 0.728. The molecule has 7 nitrogen and oxygen atoms in total. The fourth-order valence-corrected chi connectivity index (χ4v) is 2.04. The standard InChI is InChI=1S/C13H20N4O3/c1-9-10(2)20-11(16-9)8-15-12(18)13(19)17-6-3-4-14-5-7-17/h14H,3-8H2,1-2H3,(H,15,18). The second-order valence-electron chi connectivity index (χ2n) is 4.83. The van der Waals surface area contributed by atoms with Crippen LogP contribution in [-0.2, 0) is 16.1 Å². The van der Waals surface area contributed by atoms with Gasteiger partial charge in [0.2, 0.25) is 5.89 Å². The van der Waals surface area contributed by atoms with Gasteiger partial charge in [-0.3, -0.25) is 9.59 Å². The van der Waals surface area contributed by atoms with E-state index in [2.05, 4.69) is 15.6 Å². The molecule has 0 unspecified atom stereocenters. The van der Waals surface area contributed by atoms with Crippen LogP contribution in [0.25, 0.3) is 0 Å². The van der Waals surface area contributed by atoms with Gasteiger partial charge >= 0.3 is 11.8 Å². The van der Waals surface area contributed by atoms with E-state index in [0.29, 0.717) is 19.0 Å². The van der Waals surface area contributed by atoms with Gasteiger partial charge in [0.1, 0.15) is 5.76 Å². The second-order valence-corrected chi connectivity index (χ2v) is 4.83. The lowest BCUT2D eigenvalue weighted by molar-refractivity contribution is -0.145. The molecule has 2 rings (SSSR count). The van der Waals surface area contributed by atoms with Gasteiger partial charge in [-0.05, 0) is 26.8 Å². The number of hydrogen-bond acceptors (Lipinski definition) is 5. The van der Waals surface area contributed by atoms with E-state index in [1.54, 1.807) is 4.90 Å². The van der Waals surface area contributed by atoms with E-state index < -0.39 is 11.8 Å². The topological polar surface area (TPSA) is 87.5 Å². The Morgan fingerprint density at radius 3 is 2.85 bits per heavy atom. The van der Waals surface area contributed by atoms with Gasteiger partial charge in [-0.25, -0.2) is 4.98 Å². The van der Waals surface area contributed by atoms with Crippen LogP contribution in [0.4, 0.5) is 0 Å². The maximum atomic E-state index is 12.0. The lowest BCUT2D eigenvalue weighted by Crippen LogP contribution is -2.44. The zero-order valence-corrected chi connectivity index (χ0v) is 11.9. The third-order valence-corrected chi connectivity index (χ3v) is 3.29. The first-order valence-electron chi connectivity index (χ1n) is 6.78. The van der Waals surface area contributed by atoms with Gasteiger partial charge in [-0.1, -0.05) is 0 Å². The zero-order chi connectivity index (χ0) is 14.5. The van der Waals surface area contributed by atoms with Gasteiger partial charge in [-0.2, -0.15) is 0 Å². The van der Waals surface area contributed by atoms with E-state index in [4.69, 9.17) is 4.42 Å². The van der Waals surface area contributed by atoms with Gasteiger partial charge in [0.25, 0.3) is 0 Å². The van der Waals surface area contributed by atoms with Crippen molar-refractivity contribution in [2.45, 2.75) is 26.8 Å². The number of nitrogens with zero attached hydrogens (tertiary/aromatic N) is 2. The third kappa shape index (κ3) is 3.57. The molecule has 7 heteroatoms. The summed E-state index contributed by atoms with van der Waals surface area (Å²) in [5.41, 5.74) is 0.791. The van der Waals surface area contributed by atoms with E-state index >= 15 is 0 Å². The van der Waals surface area contributed by atoms with E-state index in [-0.39, 0.29) is 6.54 Å². The molecule has 2 amide bonds. The molecule has 1 saturated heterocycles. The van der Waals surface area contributed by atoms with Gasteiger partial charge in [0, 0.05) is 19.6 Å². The SMILES string of the molecule is Cc1nc(CNC(=O)C(=O)N2CCCNCC2)oc1C. The predicted molar refractivity (Wildman–Crippen MR) is 71.9 cm³/mol. The Morgan fingerprint density at radius 1 is 1.35 bits per heavy atom. The molecule has 20 heavy (non-hydrogen) atoms. The first-order chi connectivity index (χ1) is 9.58. The number of aromatic nitrogens is 1. The largest absolute Gasteiger partial charge is 0.444 e. The van der Waals surface area contributed by atoms with Crippen molar-refractivity contribution in [1.82, 2.24) is 20.5 Å². The summed E-state index contributed by atoms with van der Waals surface area (Å²) in [4.78, 5) is 29.5. The number of oxazole rings is 1. The Balaban J connectivity index is 1.85. The molecule has 0 aliphatic carbocycles. The number of carbonyl (C=O) groups excluding carboxylic acids is 2. The number of hydrogen-bond donors (Lipinski definition) is 2. The molecule has 1 aliphatic rings. The van der Waals surface area contributed by atoms with Crippen LogP contribution in [0, 0.1) is 13.8 Å². The van der Waals surface area contributed by atoms with Crippen molar-refractivity contribution in [3.8, 4) is 0 Å². The molecule has 0 bridgehead atoms. The van der Waals surface area contributed by atoms with Crippen LogP contribution in [0.1, 0.15) is 23.8 Å². The lowest BCUT2D eigenvalue weighted by Gasteiger charge is -2.18. The van der Waals surface area contributed by atoms with Crippen molar-refractivity contribution in [2.75, 3.05) is 26.2 Å². The first-order valence-corrected chi connectivity index (χ1v) is 6.78. The summed E-state index contributed by atoms with van der Waals surface area (Å²) in [6.45, 7) is 6.53. The average Bonchev–Trinajstić information content (AvgIpc) is 2.65. The minimum absolute atomic E-state index is 0.130. The maximum Gasteiger partial charge on any atom is 0.311 e. The lowest BCUT2D eigenvalue weighted by atomic mass is 10.3.